The predicted octanol–water partition coefficient (Wildman–Crippen LogP) is 2.87. The number of hydrogen-bond donors (Lipinski definition) is 3. The summed E-state index contributed by atoms with van der Waals surface area (Å²) < 4.78 is 0. The van der Waals surface area contributed by atoms with Gasteiger partial charge in [0.2, 0.25) is 0 Å². The van der Waals surface area contributed by atoms with E-state index >= 15 is 0 Å². The van der Waals surface area contributed by atoms with Crippen LogP contribution in [0.4, 0.5) is 4.79 Å². The summed E-state index contributed by atoms with van der Waals surface area (Å²) in [5, 5.41) is 18.4. The largest absolute Gasteiger partial charge is 0.481 e. The Morgan fingerprint density at radius 3 is 2.71 bits per heavy atom. The molecular weight excluding hydrogens is 288 g/mol. The Balaban J connectivity index is 2.11. The topological polar surface area (TPSA) is 78.4 Å². The highest BCUT2D eigenvalue weighted by atomic mass is 32.1. The van der Waals surface area contributed by atoms with Gasteiger partial charge in [-0.25, -0.2) is 4.79 Å². The second-order valence-electron chi connectivity index (χ2n) is 5.46. The van der Waals surface area contributed by atoms with Crippen molar-refractivity contribution in [3.8, 4) is 0 Å². The molecule has 0 aromatic carbocycles. The lowest BCUT2D eigenvalue weighted by atomic mass is 10.0. The molecule has 21 heavy (non-hydrogen) atoms. The fraction of sp³-hybridized carbons (Fsp3) is 0.600. The van der Waals surface area contributed by atoms with E-state index in [9.17, 15) is 9.59 Å². The van der Waals surface area contributed by atoms with E-state index in [1.807, 2.05) is 19.2 Å². The van der Waals surface area contributed by atoms with Gasteiger partial charge in [0, 0.05) is 19.0 Å². The number of nitrogens with one attached hydrogen (secondary N) is 2. The summed E-state index contributed by atoms with van der Waals surface area (Å²) in [5.74, 6) is -0.473. The Morgan fingerprint density at radius 1 is 1.33 bits per heavy atom. The summed E-state index contributed by atoms with van der Waals surface area (Å²) in [4.78, 5) is 22.2. The third-order valence-electron chi connectivity index (χ3n) is 3.27. The van der Waals surface area contributed by atoms with E-state index in [0.717, 1.165) is 12.8 Å². The van der Waals surface area contributed by atoms with Crippen LogP contribution in [0, 0.1) is 5.92 Å². The lowest BCUT2D eigenvalue weighted by Gasteiger charge is -2.15. The first kappa shape index (κ1) is 17.5. The first-order valence-electron chi connectivity index (χ1n) is 7.24. The minimum absolute atomic E-state index is 0.0871. The number of rotatable bonds is 9. The molecule has 2 atom stereocenters. The molecule has 0 saturated heterocycles. The minimum atomic E-state index is -0.769. The van der Waals surface area contributed by atoms with Gasteiger partial charge in [-0.3, -0.25) is 4.79 Å². The fourth-order valence-corrected chi connectivity index (χ4v) is 2.72. The molecule has 0 aliphatic carbocycles. The molecule has 1 aromatic heterocycles. The fourth-order valence-electron chi connectivity index (χ4n) is 2.03. The van der Waals surface area contributed by atoms with Crippen molar-refractivity contribution in [3.05, 3.63) is 22.4 Å². The molecule has 0 bridgehead atoms. The summed E-state index contributed by atoms with van der Waals surface area (Å²) in [6.07, 6.45) is 2.45. The second kappa shape index (κ2) is 9.39. The summed E-state index contributed by atoms with van der Waals surface area (Å²) in [6.45, 7) is 4.55. The Labute approximate surface area is 129 Å². The van der Waals surface area contributed by atoms with Crippen LogP contribution in [0.5, 0.6) is 0 Å². The molecule has 3 N–H and O–H groups in total. The van der Waals surface area contributed by atoms with Crippen molar-refractivity contribution < 1.29 is 14.7 Å². The third-order valence-corrected chi connectivity index (χ3v) is 4.01. The Kier molecular flexibility index (Phi) is 7.82. The molecule has 1 aromatic rings. The van der Waals surface area contributed by atoms with E-state index in [1.165, 1.54) is 5.56 Å². The Hall–Kier alpha value is -1.56. The van der Waals surface area contributed by atoms with Crippen LogP contribution in [0.1, 0.15) is 38.7 Å². The van der Waals surface area contributed by atoms with Crippen molar-refractivity contribution in [2.24, 2.45) is 5.92 Å². The molecule has 5 nitrogen and oxygen atoms in total. The SMILES string of the molecule is CC(CCNC(=O)NC(C)Cc1ccsc1)CCC(=O)O. The highest BCUT2D eigenvalue weighted by molar-refractivity contribution is 7.07. The van der Waals surface area contributed by atoms with E-state index in [1.54, 1.807) is 11.3 Å². The average Bonchev–Trinajstić information content (AvgIpc) is 2.88. The molecular formula is C15H24N2O3S. The van der Waals surface area contributed by atoms with Crippen LogP contribution in [-0.4, -0.2) is 29.7 Å². The second-order valence-corrected chi connectivity index (χ2v) is 6.24. The zero-order valence-corrected chi connectivity index (χ0v) is 13.4. The van der Waals surface area contributed by atoms with Gasteiger partial charge in [-0.2, -0.15) is 11.3 Å². The predicted molar refractivity (Wildman–Crippen MR) is 84.7 cm³/mol. The first-order valence-corrected chi connectivity index (χ1v) is 8.19. The van der Waals surface area contributed by atoms with Crippen molar-refractivity contribution in [2.75, 3.05) is 6.54 Å². The van der Waals surface area contributed by atoms with Crippen molar-refractivity contribution in [1.29, 1.82) is 0 Å². The Morgan fingerprint density at radius 2 is 2.10 bits per heavy atom. The van der Waals surface area contributed by atoms with Gasteiger partial charge in [0.25, 0.3) is 0 Å². The molecule has 1 rings (SSSR count). The van der Waals surface area contributed by atoms with E-state index in [2.05, 4.69) is 22.1 Å². The summed E-state index contributed by atoms with van der Waals surface area (Å²) in [7, 11) is 0. The lowest BCUT2D eigenvalue weighted by Crippen LogP contribution is -2.42. The number of hydrogen-bond acceptors (Lipinski definition) is 3. The van der Waals surface area contributed by atoms with Gasteiger partial charge in [0.1, 0.15) is 0 Å². The van der Waals surface area contributed by atoms with Gasteiger partial charge < -0.3 is 15.7 Å². The van der Waals surface area contributed by atoms with Gasteiger partial charge in [0.05, 0.1) is 0 Å². The van der Waals surface area contributed by atoms with Gasteiger partial charge >= 0.3 is 12.0 Å². The number of urea groups is 1. The van der Waals surface area contributed by atoms with Crippen molar-refractivity contribution >= 4 is 23.3 Å². The van der Waals surface area contributed by atoms with Crippen LogP contribution in [0.15, 0.2) is 16.8 Å². The highest BCUT2D eigenvalue weighted by Crippen LogP contribution is 2.09. The third kappa shape index (κ3) is 8.34. The van der Waals surface area contributed by atoms with E-state index in [-0.39, 0.29) is 18.5 Å². The zero-order valence-electron chi connectivity index (χ0n) is 12.6. The minimum Gasteiger partial charge on any atom is -0.481 e. The zero-order chi connectivity index (χ0) is 15.7. The number of amides is 2. The molecule has 0 aliphatic heterocycles. The number of carboxylic acid groups (broad SMARTS) is 1. The first-order chi connectivity index (χ1) is 9.97. The number of carboxylic acids is 1. The molecule has 0 aliphatic rings. The standard InChI is InChI=1S/C15H24N2O3S/c1-11(3-4-14(18)19)5-7-16-15(20)17-12(2)9-13-6-8-21-10-13/h6,8,10-12H,3-5,7,9H2,1-2H3,(H,18,19)(H2,16,17,20). The van der Waals surface area contributed by atoms with Crippen LogP contribution in [-0.2, 0) is 11.2 Å². The molecule has 0 radical (unpaired) electrons. The number of carbonyl (C=O) groups excluding carboxylic acids is 1. The smallest absolute Gasteiger partial charge is 0.315 e. The van der Waals surface area contributed by atoms with Crippen molar-refractivity contribution in [2.45, 2.75) is 45.6 Å². The van der Waals surface area contributed by atoms with Crippen LogP contribution >= 0.6 is 11.3 Å². The molecule has 0 fully saturated rings. The molecule has 2 amide bonds. The lowest BCUT2D eigenvalue weighted by molar-refractivity contribution is -0.137. The molecule has 1 heterocycles. The maximum atomic E-state index is 11.7. The summed E-state index contributed by atoms with van der Waals surface area (Å²) in [5.41, 5.74) is 1.23. The van der Waals surface area contributed by atoms with E-state index in [4.69, 9.17) is 5.11 Å². The normalized spacial score (nSPS) is 13.4. The highest BCUT2D eigenvalue weighted by Gasteiger charge is 2.09. The molecule has 6 heteroatoms. The quantitative estimate of drug-likeness (QED) is 0.656. The maximum absolute atomic E-state index is 11.7. The van der Waals surface area contributed by atoms with Gasteiger partial charge in [-0.15, -0.1) is 0 Å². The number of carbonyl (C=O) groups is 2. The molecule has 2 unspecified atom stereocenters. The molecule has 0 saturated carbocycles. The van der Waals surface area contributed by atoms with E-state index in [0.29, 0.717) is 18.9 Å². The number of aliphatic carboxylic acids is 1. The van der Waals surface area contributed by atoms with Crippen LogP contribution in [0.2, 0.25) is 0 Å². The van der Waals surface area contributed by atoms with Gasteiger partial charge in [-0.05, 0) is 54.5 Å². The number of thiophene rings is 1. The summed E-state index contributed by atoms with van der Waals surface area (Å²) >= 11 is 1.65. The molecule has 0 spiro atoms. The summed E-state index contributed by atoms with van der Waals surface area (Å²) in [6, 6.07) is 1.98. The van der Waals surface area contributed by atoms with Crippen LogP contribution in [0.25, 0.3) is 0 Å². The van der Waals surface area contributed by atoms with Crippen molar-refractivity contribution in [1.82, 2.24) is 10.6 Å². The average molecular weight is 312 g/mol. The Bertz CT molecular complexity index is 434. The van der Waals surface area contributed by atoms with Crippen molar-refractivity contribution in [3.63, 3.8) is 0 Å². The van der Waals surface area contributed by atoms with Crippen LogP contribution in [0.3, 0.4) is 0 Å². The van der Waals surface area contributed by atoms with Gasteiger partial charge in [0.15, 0.2) is 0 Å². The van der Waals surface area contributed by atoms with Crippen LogP contribution < -0.4 is 10.6 Å². The maximum Gasteiger partial charge on any atom is 0.315 e. The van der Waals surface area contributed by atoms with Gasteiger partial charge in [-0.1, -0.05) is 6.92 Å². The monoisotopic (exact) mass is 312 g/mol. The van der Waals surface area contributed by atoms with E-state index < -0.39 is 5.97 Å². The molecule has 118 valence electrons.